The molecular weight excluding hydrogens is 486 g/mol. The van der Waals surface area contributed by atoms with Crippen molar-refractivity contribution < 1.29 is 14.3 Å². The van der Waals surface area contributed by atoms with E-state index in [9.17, 15) is 4.79 Å². The zero-order valence-corrected chi connectivity index (χ0v) is 24.8. The molecule has 1 aromatic carbocycles. The van der Waals surface area contributed by atoms with Crippen LogP contribution >= 0.6 is 0 Å². The minimum Gasteiger partial charge on any atom is -0.491 e. The Balaban J connectivity index is 1.50. The summed E-state index contributed by atoms with van der Waals surface area (Å²) in [7, 11) is 1.91. The van der Waals surface area contributed by atoms with Gasteiger partial charge in [0.25, 0.3) is 0 Å². The summed E-state index contributed by atoms with van der Waals surface area (Å²) in [5.74, 6) is 1.68. The van der Waals surface area contributed by atoms with Crippen molar-refractivity contribution in [2.75, 3.05) is 6.61 Å². The van der Waals surface area contributed by atoms with E-state index in [4.69, 9.17) is 19.6 Å². The second-order valence-electron chi connectivity index (χ2n) is 12.3. The van der Waals surface area contributed by atoms with Crippen LogP contribution < -0.4 is 9.47 Å². The van der Waals surface area contributed by atoms with E-state index in [1.54, 1.807) is 11.6 Å². The average molecular weight is 532 g/mol. The highest BCUT2D eigenvalue weighted by atomic mass is 16.5. The van der Waals surface area contributed by atoms with Crippen molar-refractivity contribution in [2.24, 2.45) is 7.05 Å². The minimum atomic E-state index is -0.0407. The van der Waals surface area contributed by atoms with Crippen molar-refractivity contribution in [3.05, 3.63) is 70.2 Å². The number of benzene rings is 1. The third-order valence-corrected chi connectivity index (χ3v) is 7.40. The van der Waals surface area contributed by atoms with E-state index in [1.807, 2.05) is 27.0 Å². The zero-order chi connectivity index (χ0) is 28.2. The van der Waals surface area contributed by atoms with E-state index in [2.05, 4.69) is 51.1 Å². The second-order valence-corrected chi connectivity index (χ2v) is 12.3. The normalized spacial score (nSPS) is 14.3. The number of aryl methyl sites for hydroxylation is 3. The van der Waals surface area contributed by atoms with Gasteiger partial charge in [0.1, 0.15) is 11.5 Å². The van der Waals surface area contributed by atoms with Gasteiger partial charge in [0.05, 0.1) is 18.4 Å². The number of aromatic nitrogens is 3. The molecule has 210 valence electrons. The van der Waals surface area contributed by atoms with Gasteiger partial charge in [-0.15, -0.1) is 0 Å². The van der Waals surface area contributed by atoms with E-state index in [0.29, 0.717) is 19.4 Å². The molecule has 0 spiro atoms. The lowest BCUT2D eigenvalue weighted by Gasteiger charge is -2.25. The smallest absolute Gasteiger partial charge is 0.211 e. The molecule has 0 amide bonds. The number of nitrogens with zero attached hydrogens (tertiary/aromatic N) is 3. The van der Waals surface area contributed by atoms with Crippen molar-refractivity contribution in [3.8, 4) is 11.6 Å². The Morgan fingerprint density at radius 2 is 1.82 bits per heavy atom. The Morgan fingerprint density at radius 1 is 1.05 bits per heavy atom. The van der Waals surface area contributed by atoms with E-state index in [1.165, 1.54) is 29.7 Å². The molecule has 2 heterocycles. The number of pyridine rings is 1. The Hall–Kier alpha value is -3.15. The number of ether oxygens (including phenoxy) is 2. The summed E-state index contributed by atoms with van der Waals surface area (Å²) >= 11 is 0. The van der Waals surface area contributed by atoms with Gasteiger partial charge in [0.2, 0.25) is 5.88 Å². The van der Waals surface area contributed by atoms with Crippen LogP contribution in [0.1, 0.15) is 100 Å². The summed E-state index contributed by atoms with van der Waals surface area (Å²) in [5, 5.41) is 4.75. The Morgan fingerprint density at radius 3 is 2.54 bits per heavy atom. The molecule has 0 saturated heterocycles. The molecule has 1 unspecified atom stereocenters. The highest BCUT2D eigenvalue weighted by Gasteiger charge is 2.24. The summed E-state index contributed by atoms with van der Waals surface area (Å²) in [6, 6.07) is 12.8. The average Bonchev–Trinajstić information content (AvgIpc) is 3.21. The van der Waals surface area contributed by atoms with Gasteiger partial charge in [0.15, 0.2) is 0 Å². The van der Waals surface area contributed by atoms with Gasteiger partial charge in [-0.05, 0) is 93.0 Å². The number of rotatable bonds is 11. The summed E-state index contributed by atoms with van der Waals surface area (Å²) in [5.41, 5.74) is 6.93. The molecule has 0 fully saturated rings. The van der Waals surface area contributed by atoms with Crippen molar-refractivity contribution >= 4 is 5.78 Å². The first-order valence-electron chi connectivity index (χ1n) is 14.4. The molecule has 0 radical (unpaired) electrons. The van der Waals surface area contributed by atoms with Crippen LogP contribution in [-0.4, -0.2) is 33.3 Å². The Labute approximate surface area is 234 Å². The lowest BCUT2D eigenvalue weighted by Crippen LogP contribution is -2.16. The third kappa shape index (κ3) is 7.71. The van der Waals surface area contributed by atoms with E-state index in [0.717, 1.165) is 47.8 Å². The molecule has 6 heteroatoms. The minimum absolute atomic E-state index is 0.00913. The number of hydrogen-bond acceptors (Lipinski definition) is 5. The van der Waals surface area contributed by atoms with Gasteiger partial charge in [-0.2, -0.15) is 5.10 Å². The van der Waals surface area contributed by atoms with Crippen LogP contribution in [0.5, 0.6) is 11.6 Å². The molecule has 1 aliphatic carbocycles. The predicted octanol–water partition coefficient (Wildman–Crippen LogP) is 6.71. The highest BCUT2D eigenvalue weighted by Crippen LogP contribution is 2.37. The molecule has 0 aliphatic heterocycles. The van der Waals surface area contributed by atoms with Crippen molar-refractivity contribution in [3.63, 3.8) is 0 Å². The van der Waals surface area contributed by atoms with E-state index in [-0.39, 0.29) is 23.2 Å². The third-order valence-electron chi connectivity index (χ3n) is 7.40. The number of Topliss-reactive ketones (excluding diaryl/α,β-unsaturated/α-hetero) is 1. The predicted molar refractivity (Wildman–Crippen MR) is 156 cm³/mol. The molecule has 0 saturated carbocycles. The van der Waals surface area contributed by atoms with Gasteiger partial charge in [0, 0.05) is 37.3 Å². The molecule has 0 bridgehead atoms. The fourth-order valence-electron chi connectivity index (χ4n) is 5.36. The van der Waals surface area contributed by atoms with Gasteiger partial charge in [-0.25, -0.2) is 4.68 Å². The lowest BCUT2D eigenvalue weighted by molar-refractivity contribution is -0.117. The fourth-order valence-corrected chi connectivity index (χ4v) is 5.36. The molecule has 2 aromatic heterocycles. The first-order valence-corrected chi connectivity index (χ1v) is 14.4. The van der Waals surface area contributed by atoms with Gasteiger partial charge < -0.3 is 14.3 Å². The van der Waals surface area contributed by atoms with Crippen LogP contribution in [0.2, 0.25) is 0 Å². The van der Waals surface area contributed by atoms with Crippen LogP contribution in [-0.2, 0) is 42.9 Å². The standard InChI is InChI=1S/C33H45N3O3/c1-22(2)39-31-15-13-26(33(4,5)6)20-29(31)25(18-23(3)37)19-28-21-32(36(7)35-28)38-17-16-27-14-12-24-10-8-9-11-30(24)34-27/h12-15,20-22,25H,8-11,16-19H2,1-7H3. The monoisotopic (exact) mass is 531 g/mol. The first kappa shape index (κ1) is 28.8. The molecule has 1 aliphatic rings. The molecule has 6 nitrogen and oxygen atoms in total. The Bertz CT molecular complexity index is 1290. The molecule has 39 heavy (non-hydrogen) atoms. The Kier molecular flexibility index (Phi) is 9.14. The van der Waals surface area contributed by atoms with Crippen LogP contribution in [0, 0.1) is 0 Å². The summed E-state index contributed by atoms with van der Waals surface area (Å²) in [4.78, 5) is 17.3. The van der Waals surface area contributed by atoms with Crippen LogP contribution in [0.4, 0.5) is 0 Å². The number of ketones is 1. The lowest BCUT2D eigenvalue weighted by atomic mass is 9.82. The molecular formula is C33H45N3O3. The van der Waals surface area contributed by atoms with Crippen LogP contribution in [0.15, 0.2) is 36.4 Å². The summed E-state index contributed by atoms with van der Waals surface area (Å²) in [6.45, 7) is 12.9. The highest BCUT2D eigenvalue weighted by molar-refractivity contribution is 5.76. The van der Waals surface area contributed by atoms with Gasteiger partial charge in [-0.1, -0.05) is 39.0 Å². The van der Waals surface area contributed by atoms with Crippen molar-refractivity contribution in [1.82, 2.24) is 14.8 Å². The van der Waals surface area contributed by atoms with Gasteiger partial charge in [-0.3, -0.25) is 4.98 Å². The van der Waals surface area contributed by atoms with Crippen LogP contribution in [0.3, 0.4) is 0 Å². The number of carbonyl (C=O) groups is 1. The second kappa shape index (κ2) is 12.4. The topological polar surface area (TPSA) is 66.2 Å². The largest absolute Gasteiger partial charge is 0.491 e. The van der Waals surface area contributed by atoms with E-state index < -0.39 is 0 Å². The summed E-state index contributed by atoms with van der Waals surface area (Å²) < 4.78 is 14.1. The zero-order valence-electron chi connectivity index (χ0n) is 24.8. The quantitative estimate of drug-likeness (QED) is 0.275. The SMILES string of the molecule is CC(=O)CC(Cc1cc(OCCc2ccc3c(n2)CCCC3)n(C)n1)c1cc(C(C)(C)C)ccc1OC(C)C. The number of hydrogen-bond donors (Lipinski definition) is 0. The molecule has 1 atom stereocenters. The maximum Gasteiger partial charge on any atom is 0.211 e. The number of carbonyl (C=O) groups excluding carboxylic acids is 1. The molecule has 0 N–H and O–H groups in total. The van der Waals surface area contributed by atoms with E-state index >= 15 is 0 Å². The molecule has 4 rings (SSSR count). The molecule has 3 aromatic rings. The van der Waals surface area contributed by atoms with Crippen LogP contribution in [0.25, 0.3) is 0 Å². The maximum absolute atomic E-state index is 12.4. The maximum atomic E-state index is 12.4. The van der Waals surface area contributed by atoms with Crippen molar-refractivity contribution in [1.29, 1.82) is 0 Å². The summed E-state index contributed by atoms with van der Waals surface area (Å²) in [6.07, 6.45) is 6.59. The number of fused-ring (bicyclic) bond motifs is 1. The fraction of sp³-hybridized carbons (Fsp3) is 0.545. The van der Waals surface area contributed by atoms with Gasteiger partial charge >= 0.3 is 0 Å². The van der Waals surface area contributed by atoms with Crippen molar-refractivity contribution in [2.45, 2.75) is 104 Å². The first-order chi connectivity index (χ1) is 18.5.